The van der Waals surface area contributed by atoms with Crippen molar-refractivity contribution >= 4 is 0 Å². The Bertz CT molecular complexity index is 425. The minimum atomic E-state index is -0.718. The number of hydrogen-bond acceptors (Lipinski definition) is 2. The molecule has 0 aliphatic heterocycles. The number of nitrogens with zero attached hydrogens (tertiary/aromatic N) is 1. The van der Waals surface area contributed by atoms with Crippen LogP contribution in [0.25, 0.3) is 0 Å². The lowest BCUT2D eigenvalue weighted by Gasteiger charge is -2.22. The van der Waals surface area contributed by atoms with Crippen LogP contribution in [0.3, 0.4) is 0 Å². The largest absolute Gasteiger partial charge is 0.288 e. The maximum absolute atomic E-state index is 12.7. The topological polar surface area (TPSA) is 35.8 Å². The normalized spacial score (nSPS) is 13.5. The molecule has 0 radical (unpaired) electrons. The first-order valence-corrected chi connectivity index (χ1v) is 4.94. The van der Waals surface area contributed by atoms with Crippen molar-refractivity contribution in [1.29, 1.82) is 5.26 Å². The van der Waals surface area contributed by atoms with E-state index in [2.05, 4.69) is 17.3 Å². The van der Waals surface area contributed by atoms with Gasteiger partial charge in [0.05, 0.1) is 12.6 Å². The van der Waals surface area contributed by atoms with Crippen LogP contribution in [-0.2, 0) is 6.42 Å². The van der Waals surface area contributed by atoms with Crippen LogP contribution in [-0.4, -0.2) is 12.1 Å². The summed E-state index contributed by atoms with van der Waals surface area (Å²) in [6.45, 7) is 2.11. The van der Waals surface area contributed by atoms with Gasteiger partial charge >= 0.3 is 0 Å². The highest BCUT2D eigenvalue weighted by molar-refractivity contribution is 5.22. The summed E-state index contributed by atoms with van der Waals surface area (Å²) >= 11 is 0. The fourth-order valence-corrected chi connectivity index (χ4v) is 1.40. The molecule has 0 saturated carbocycles. The van der Waals surface area contributed by atoms with Crippen molar-refractivity contribution in [3.05, 3.63) is 35.6 Å². The zero-order valence-corrected chi connectivity index (χ0v) is 9.13. The monoisotopic (exact) mass is 216 g/mol. The van der Waals surface area contributed by atoms with Gasteiger partial charge in [0.2, 0.25) is 0 Å². The fourth-order valence-electron chi connectivity index (χ4n) is 1.40. The van der Waals surface area contributed by atoms with E-state index in [1.807, 2.05) is 0 Å². The van der Waals surface area contributed by atoms with E-state index in [1.54, 1.807) is 19.1 Å². The van der Waals surface area contributed by atoms with Crippen molar-refractivity contribution in [3.63, 3.8) is 0 Å². The number of terminal acetylenes is 1. The maximum atomic E-state index is 12.7. The average molecular weight is 216 g/mol. The van der Waals surface area contributed by atoms with Gasteiger partial charge in [0, 0.05) is 6.42 Å². The number of nitriles is 1. The van der Waals surface area contributed by atoms with Crippen molar-refractivity contribution in [2.75, 3.05) is 6.54 Å². The summed E-state index contributed by atoms with van der Waals surface area (Å²) in [5.74, 6) is 2.15. The maximum Gasteiger partial charge on any atom is 0.123 e. The highest BCUT2D eigenvalue weighted by Gasteiger charge is 2.22. The second-order valence-electron chi connectivity index (χ2n) is 3.80. The molecule has 0 spiro atoms. The molecular weight excluding hydrogens is 203 g/mol. The highest BCUT2D eigenvalue weighted by atomic mass is 19.1. The molecule has 16 heavy (non-hydrogen) atoms. The molecule has 0 aromatic heterocycles. The number of benzene rings is 1. The highest BCUT2D eigenvalue weighted by Crippen LogP contribution is 2.13. The van der Waals surface area contributed by atoms with E-state index in [-0.39, 0.29) is 5.82 Å². The van der Waals surface area contributed by atoms with Crippen molar-refractivity contribution in [1.82, 2.24) is 5.32 Å². The standard InChI is InChI=1S/C13H13FN2/c1-3-8-16-13(2,10-15)9-11-4-6-12(14)7-5-11/h1,4-7,16H,8-9H2,2H3. The summed E-state index contributed by atoms with van der Waals surface area (Å²) in [5, 5.41) is 12.0. The third kappa shape index (κ3) is 3.38. The SMILES string of the molecule is C#CCNC(C)(C#N)Cc1ccc(F)cc1. The molecule has 0 saturated heterocycles. The lowest BCUT2D eigenvalue weighted by atomic mass is 9.94. The van der Waals surface area contributed by atoms with Crippen molar-refractivity contribution < 1.29 is 4.39 Å². The molecule has 0 bridgehead atoms. The number of nitrogens with one attached hydrogen (secondary N) is 1. The molecule has 1 unspecified atom stereocenters. The second-order valence-corrected chi connectivity index (χ2v) is 3.80. The lowest BCUT2D eigenvalue weighted by molar-refractivity contribution is 0.471. The molecule has 1 rings (SSSR count). The Balaban J connectivity index is 2.74. The van der Waals surface area contributed by atoms with Gasteiger partial charge in [-0.2, -0.15) is 5.26 Å². The predicted molar refractivity (Wildman–Crippen MR) is 61.0 cm³/mol. The molecule has 0 amide bonds. The predicted octanol–water partition coefficient (Wildman–Crippen LogP) is 1.87. The van der Waals surface area contributed by atoms with E-state index < -0.39 is 5.54 Å². The minimum Gasteiger partial charge on any atom is -0.288 e. The minimum absolute atomic E-state index is 0.279. The van der Waals surface area contributed by atoms with Crippen LogP contribution >= 0.6 is 0 Å². The van der Waals surface area contributed by atoms with E-state index in [0.717, 1.165) is 5.56 Å². The average Bonchev–Trinajstić information content (AvgIpc) is 2.30. The second kappa shape index (κ2) is 5.30. The van der Waals surface area contributed by atoms with Gasteiger partial charge in [0.15, 0.2) is 0 Å². The zero-order chi connectivity index (χ0) is 12.0. The van der Waals surface area contributed by atoms with Crippen LogP contribution in [0.4, 0.5) is 4.39 Å². The third-order valence-electron chi connectivity index (χ3n) is 2.30. The van der Waals surface area contributed by atoms with Crippen LogP contribution in [0.2, 0.25) is 0 Å². The van der Waals surface area contributed by atoms with Crippen molar-refractivity contribution in [2.45, 2.75) is 18.9 Å². The van der Waals surface area contributed by atoms with Gasteiger partial charge in [-0.15, -0.1) is 6.42 Å². The van der Waals surface area contributed by atoms with Crippen molar-refractivity contribution in [2.24, 2.45) is 0 Å². The van der Waals surface area contributed by atoms with Crippen LogP contribution in [0.5, 0.6) is 0 Å². The first-order chi connectivity index (χ1) is 7.59. The lowest BCUT2D eigenvalue weighted by Crippen LogP contribution is -2.43. The Morgan fingerprint density at radius 1 is 1.44 bits per heavy atom. The Morgan fingerprint density at radius 2 is 2.06 bits per heavy atom. The number of rotatable bonds is 4. The first-order valence-electron chi connectivity index (χ1n) is 4.94. The molecule has 2 nitrogen and oxygen atoms in total. The van der Waals surface area contributed by atoms with E-state index in [1.165, 1.54) is 12.1 Å². The summed E-state index contributed by atoms with van der Waals surface area (Å²) in [4.78, 5) is 0. The first kappa shape index (κ1) is 12.2. The number of halogens is 1. The van der Waals surface area contributed by atoms with Gasteiger partial charge in [0.1, 0.15) is 11.4 Å². The molecule has 1 N–H and O–H groups in total. The molecule has 1 atom stereocenters. The summed E-state index contributed by atoms with van der Waals surface area (Å²) in [5.41, 5.74) is 0.180. The van der Waals surface area contributed by atoms with Crippen LogP contribution in [0.15, 0.2) is 24.3 Å². The molecule has 0 heterocycles. The van der Waals surface area contributed by atoms with E-state index in [9.17, 15) is 4.39 Å². The molecule has 3 heteroatoms. The third-order valence-corrected chi connectivity index (χ3v) is 2.30. The smallest absolute Gasteiger partial charge is 0.123 e. The van der Waals surface area contributed by atoms with E-state index in [4.69, 9.17) is 11.7 Å². The summed E-state index contributed by atoms with van der Waals surface area (Å²) < 4.78 is 12.7. The molecule has 1 aromatic carbocycles. The van der Waals surface area contributed by atoms with Crippen LogP contribution in [0.1, 0.15) is 12.5 Å². The van der Waals surface area contributed by atoms with Gasteiger partial charge in [-0.1, -0.05) is 18.1 Å². The summed E-state index contributed by atoms with van der Waals surface area (Å²) in [7, 11) is 0. The molecular formula is C13H13FN2. The van der Waals surface area contributed by atoms with Gasteiger partial charge < -0.3 is 0 Å². The molecule has 1 aromatic rings. The zero-order valence-electron chi connectivity index (χ0n) is 9.13. The van der Waals surface area contributed by atoms with Crippen LogP contribution < -0.4 is 5.32 Å². The number of hydrogen-bond donors (Lipinski definition) is 1. The summed E-state index contributed by atoms with van der Waals surface area (Å²) in [6, 6.07) is 8.28. The Hall–Kier alpha value is -1.84. The molecule has 0 aliphatic carbocycles. The molecule has 82 valence electrons. The van der Waals surface area contributed by atoms with Gasteiger partial charge in [0.25, 0.3) is 0 Å². The summed E-state index contributed by atoms with van der Waals surface area (Å²) in [6.07, 6.45) is 5.62. The quantitative estimate of drug-likeness (QED) is 0.780. The Labute approximate surface area is 95.1 Å². The Morgan fingerprint density at radius 3 is 2.56 bits per heavy atom. The van der Waals surface area contributed by atoms with Crippen LogP contribution in [0, 0.1) is 29.5 Å². The van der Waals surface area contributed by atoms with Crippen molar-refractivity contribution in [3.8, 4) is 18.4 Å². The van der Waals surface area contributed by atoms with Gasteiger partial charge in [-0.05, 0) is 24.6 Å². The van der Waals surface area contributed by atoms with E-state index >= 15 is 0 Å². The Kier molecular flexibility index (Phi) is 4.05. The van der Waals surface area contributed by atoms with Gasteiger partial charge in [-0.3, -0.25) is 5.32 Å². The fraction of sp³-hybridized carbons (Fsp3) is 0.308. The molecule has 0 aliphatic rings. The van der Waals surface area contributed by atoms with E-state index in [0.29, 0.717) is 13.0 Å². The molecule has 0 fully saturated rings. The van der Waals surface area contributed by atoms with Gasteiger partial charge in [-0.25, -0.2) is 4.39 Å².